The third kappa shape index (κ3) is 3.07. The van der Waals surface area contributed by atoms with E-state index in [1.807, 2.05) is 0 Å². The fourth-order valence-corrected chi connectivity index (χ4v) is 8.26. The Labute approximate surface area is 183 Å². The van der Waals surface area contributed by atoms with Crippen molar-refractivity contribution < 1.29 is 0 Å². The van der Waals surface area contributed by atoms with Crippen LogP contribution in [0.4, 0.5) is 0 Å². The molecule has 0 radical (unpaired) electrons. The minimum atomic E-state index is 0.153. The largest absolute Gasteiger partial charge is 0.256 e. The number of fused-ring (bicyclic) bond motifs is 1. The lowest BCUT2D eigenvalue weighted by atomic mass is 9.56. The molecule has 1 heterocycles. The first-order chi connectivity index (χ1) is 14.4. The Morgan fingerprint density at radius 1 is 0.767 bits per heavy atom. The lowest BCUT2D eigenvalue weighted by Crippen LogP contribution is -2.42. The summed E-state index contributed by atoms with van der Waals surface area (Å²) in [6.07, 6.45) is 15.3. The molecular weight excluding hydrogens is 362 g/mol. The minimum absolute atomic E-state index is 0.153. The predicted octanol–water partition coefficient (Wildman–Crippen LogP) is 8.07. The van der Waals surface area contributed by atoms with E-state index >= 15 is 0 Å². The van der Waals surface area contributed by atoms with Crippen LogP contribution in [0.1, 0.15) is 96.6 Å². The van der Waals surface area contributed by atoms with E-state index in [1.54, 1.807) is 5.56 Å². The first kappa shape index (κ1) is 20.3. The monoisotopic (exact) mass is 401 g/mol. The molecule has 3 aliphatic rings. The predicted molar refractivity (Wildman–Crippen MR) is 127 cm³/mol. The normalized spacial score (nSPS) is 27.1. The van der Waals surface area contributed by atoms with Gasteiger partial charge in [0.2, 0.25) is 0 Å². The van der Waals surface area contributed by atoms with Gasteiger partial charge in [0.05, 0.1) is 5.69 Å². The van der Waals surface area contributed by atoms with Crippen LogP contribution >= 0.6 is 0 Å². The number of hydrogen-bond acceptors (Lipinski definition) is 1. The average molecular weight is 402 g/mol. The lowest BCUT2D eigenvalue weighted by Gasteiger charge is -2.49. The number of rotatable bonds is 2. The average Bonchev–Trinajstić information content (AvgIpc) is 2.92. The van der Waals surface area contributed by atoms with Crippen LogP contribution in [-0.2, 0) is 10.8 Å². The molecule has 0 saturated heterocycles. The smallest absolute Gasteiger partial charge is 0.0742 e. The third-order valence-corrected chi connectivity index (χ3v) is 9.37. The lowest BCUT2D eigenvalue weighted by molar-refractivity contribution is 0.0423. The SMILES string of the molecule is CC1(C)c2ccnc(-c3ccccc3)c2C(C)(C)C1C1CCC2(CCCCC2)CC1. The summed E-state index contributed by atoms with van der Waals surface area (Å²) < 4.78 is 0. The first-order valence-corrected chi connectivity index (χ1v) is 12.4. The molecule has 2 aromatic rings. The number of hydrogen-bond donors (Lipinski definition) is 0. The van der Waals surface area contributed by atoms with Crippen LogP contribution in [0, 0.1) is 17.3 Å². The van der Waals surface area contributed by atoms with Gasteiger partial charge in [0, 0.05) is 11.8 Å². The molecule has 2 fully saturated rings. The zero-order valence-electron chi connectivity index (χ0n) is 19.5. The standard InChI is InChI=1S/C29H39N/c1-27(2)23-15-20-30-25(21-11-7-5-8-12-21)24(23)28(3,4)26(27)22-13-18-29(19-14-22)16-9-6-10-17-29/h5,7-8,11-12,15,20,22,26H,6,9-10,13-14,16-19H2,1-4H3. The fourth-order valence-electron chi connectivity index (χ4n) is 8.26. The summed E-state index contributed by atoms with van der Waals surface area (Å²) in [5.41, 5.74) is 6.60. The van der Waals surface area contributed by atoms with Gasteiger partial charge in [-0.25, -0.2) is 0 Å². The Bertz CT molecular complexity index is 891. The van der Waals surface area contributed by atoms with E-state index in [0.717, 1.165) is 5.92 Å². The van der Waals surface area contributed by atoms with Crippen molar-refractivity contribution in [3.05, 3.63) is 53.7 Å². The van der Waals surface area contributed by atoms with E-state index in [2.05, 4.69) is 70.3 Å². The molecule has 0 N–H and O–H groups in total. The zero-order valence-corrected chi connectivity index (χ0v) is 19.5. The van der Waals surface area contributed by atoms with E-state index in [0.29, 0.717) is 11.3 Å². The molecule has 1 unspecified atom stereocenters. The maximum Gasteiger partial charge on any atom is 0.0742 e. The zero-order chi connectivity index (χ0) is 21.0. The molecule has 1 aromatic heterocycles. The molecule has 0 amide bonds. The summed E-state index contributed by atoms with van der Waals surface area (Å²) in [5.74, 6) is 1.52. The molecule has 1 aromatic carbocycles. The summed E-state index contributed by atoms with van der Waals surface area (Å²) >= 11 is 0. The summed E-state index contributed by atoms with van der Waals surface area (Å²) in [6, 6.07) is 13.2. The van der Waals surface area contributed by atoms with Gasteiger partial charge in [0.15, 0.2) is 0 Å². The van der Waals surface area contributed by atoms with Gasteiger partial charge >= 0.3 is 0 Å². The van der Waals surface area contributed by atoms with E-state index in [9.17, 15) is 0 Å². The van der Waals surface area contributed by atoms with Crippen molar-refractivity contribution in [3.63, 3.8) is 0 Å². The summed E-state index contributed by atoms with van der Waals surface area (Å²) in [5, 5.41) is 0. The molecule has 1 spiro atoms. The Hall–Kier alpha value is -1.63. The molecular formula is C29H39N. The van der Waals surface area contributed by atoms with Gasteiger partial charge < -0.3 is 0 Å². The van der Waals surface area contributed by atoms with Gasteiger partial charge in [-0.15, -0.1) is 0 Å². The molecule has 5 rings (SSSR count). The first-order valence-electron chi connectivity index (χ1n) is 12.4. The van der Waals surface area contributed by atoms with Crippen LogP contribution in [0.25, 0.3) is 11.3 Å². The number of pyridine rings is 1. The van der Waals surface area contributed by atoms with Gasteiger partial charge in [-0.05, 0) is 83.8 Å². The van der Waals surface area contributed by atoms with Crippen LogP contribution in [0.15, 0.2) is 42.6 Å². The fraction of sp³-hybridized carbons (Fsp3) is 0.621. The quantitative estimate of drug-likeness (QED) is 0.495. The Morgan fingerprint density at radius 2 is 1.43 bits per heavy atom. The number of aromatic nitrogens is 1. The molecule has 160 valence electrons. The third-order valence-electron chi connectivity index (χ3n) is 9.37. The Kier molecular flexibility index (Phi) is 4.88. The Balaban J connectivity index is 1.50. The molecule has 0 aliphatic heterocycles. The van der Waals surface area contributed by atoms with Gasteiger partial charge in [-0.2, -0.15) is 0 Å². The summed E-state index contributed by atoms with van der Waals surface area (Å²) in [7, 11) is 0. The maximum absolute atomic E-state index is 4.93. The van der Waals surface area contributed by atoms with Gasteiger partial charge in [-0.1, -0.05) is 77.3 Å². The molecule has 1 atom stereocenters. The van der Waals surface area contributed by atoms with E-state index in [-0.39, 0.29) is 10.8 Å². The van der Waals surface area contributed by atoms with E-state index < -0.39 is 0 Å². The topological polar surface area (TPSA) is 12.9 Å². The summed E-state index contributed by atoms with van der Waals surface area (Å²) in [4.78, 5) is 4.93. The van der Waals surface area contributed by atoms with Gasteiger partial charge in [0.25, 0.3) is 0 Å². The maximum atomic E-state index is 4.93. The highest BCUT2D eigenvalue weighted by atomic mass is 14.7. The van der Waals surface area contributed by atoms with Gasteiger partial charge in [-0.3, -0.25) is 4.98 Å². The molecule has 30 heavy (non-hydrogen) atoms. The van der Waals surface area contributed by atoms with E-state index in [1.165, 1.54) is 74.6 Å². The molecule has 0 bridgehead atoms. The highest BCUT2D eigenvalue weighted by Gasteiger charge is 2.56. The highest BCUT2D eigenvalue weighted by molar-refractivity contribution is 5.69. The molecule has 2 saturated carbocycles. The van der Waals surface area contributed by atoms with Crippen molar-refractivity contribution >= 4 is 0 Å². The van der Waals surface area contributed by atoms with Crippen LogP contribution in [0.2, 0.25) is 0 Å². The second kappa shape index (κ2) is 7.21. The number of benzene rings is 1. The van der Waals surface area contributed by atoms with E-state index in [4.69, 9.17) is 4.98 Å². The van der Waals surface area contributed by atoms with Gasteiger partial charge in [0.1, 0.15) is 0 Å². The van der Waals surface area contributed by atoms with Crippen LogP contribution in [-0.4, -0.2) is 4.98 Å². The van der Waals surface area contributed by atoms with Crippen molar-refractivity contribution in [3.8, 4) is 11.3 Å². The van der Waals surface area contributed by atoms with Crippen molar-refractivity contribution in [2.24, 2.45) is 17.3 Å². The van der Waals surface area contributed by atoms with Crippen LogP contribution in [0.5, 0.6) is 0 Å². The molecule has 3 aliphatic carbocycles. The minimum Gasteiger partial charge on any atom is -0.256 e. The van der Waals surface area contributed by atoms with Crippen molar-refractivity contribution in [2.45, 2.75) is 96.3 Å². The highest BCUT2D eigenvalue weighted by Crippen LogP contribution is 2.62. The van der Waals surface area contributed by atoms with Crippen LogP contribution < -0.4 is 0 Å². The summed E-state index contributed by atoms with van der Waals surface area (Å²) in [6.45, 7) is 10.1. The molecule has 1 nitrogen and oxygen atoms in total. The Morgan fingerprint density at radius 3 is 2.10 bits per heavy atom. The second-order valence-corrected chi connectivity index (χ2v) is 11.8. The van der Waals surface area contributed by atoms with Crippen molar-refractivity contribution in [1.82, 2.24) is 4.98 Å². The van der Waals surface area contributed by atoms with Crippen LogP contribution in [0.3, 0.4) is 0 Å². The molecule has 1 heteroatoms. The van der Waals surface area contributed by atoms with Crippen molar-refractivity contribution in [1.29, 1.82) is 0 Å². The second-order valence-electron chi connectivity index (χ2n) is 11.8. The van der Waals surface area contributed by atoms with Crippen molar-refractivity contribution in [2.75, 3.05) is 0 Å². The number of nitrogens with zero attached hydrogens (tertiary/aromatic N) is 1.